The molecule has 1 unspecified atom stereocenters. The maximum Gasteiger partial charge on any atom is 0.184 e. The minimum Gasteiger partial charge on any atom is -0.368 e. The van der Waals surface area contributed by atoms with Gasteiger partial charge >= 0.3 is 0 Å². The van der Waals surface area contributed by atoms with Gasteiger partial charge in [0.05, 0.1) is 19.8 Å². The van der Waals surface area contributed by atoms with Crippen LogP contribution in [0.2, 0.25) is 0 Å². The topological polar surface area (TPSA) is 66.4 Å². The molecule has 2 saturated heterocycles. The van der Waals surface area contributed by atoms with E-state index >= 15 is 0 Å². The van der Waals surface area contributed by atoms with E-state index in [1.165, 1.54) is 0 Å². The average Bonchev–Trinajstić information content (AvgIpc) is 2.88. The second-order valence-electron chi connectivity index (χ2n) is 8.26. The molecule has 2 aliphatic rings. The van der Waals surface area contributed by atoms with Crippen molar-refractivity contribution in [1.29, 1.82) is 0 Å². The number of ether oxygens (including phenoxy) is 5. The summed E-state index contributed by atoms with van der Waals surface area (Å²) in [6.45, 7) is 0.984. The molecule has 6 atom stereocenters. The molecular formula is C27H28O6. The number of rotatable bonds is 7. The number of hydrogen-bond donors (Lipinski definition) is 1. The highest BCUT2D eigenvalue weighted by molar-refractivity contribution is 5.17. The van der Waals surface area contributed by atoms with Crippen molar-refractivity contribution in [2.75, 3.05) is 6.61 Å². The Morgan fingerprint density at radius 2 is 1.24 bits per heavy atom. The first-order valence-corrected chi connectivity index (χ1v) is 11.2. The third-order valence-electron chi connectivity index (χ3n) is 5.94. The van der Waals surface area contributed by atoms with Gasteiger partial charge in [-0.3, -0.25) is 0 Å². The molecule has 0 saturated carbocycles. The summed E-state index contributed by atoms with van der Waals surface area (Å²) in [6.07, 6.45) is -3.88. The molecule has 0 aliphatic carbocycles. The second-order valence-corrected chi connectivity index (χ2v) is 8.26. The van der Waals surface area contributed by atoms with Crippen molar-refractivity contribution in [2.24, 2.45) is 0 Å². The highest BCUT2D eigenvalue weighted by Gasteiger charge is 2.51. The largest absolute Gasteiger partial charge is 0.368 e. The first kappa shape index (κ1) is 22.2. The van der Waals surface area contributed by atoms with Crippen molar-refractivity contribution in [2.45, 2.75) is 50.2 Å². The minimum absolute atomic E-state index is 0.290. The maximum absolute atomic E-state index is 10.8. The van der Waals surface area contributed by atoms with E-state index in [1.54, 1.807) is 0 Å². The van der Waals surface area contributed by atoms with Crippen LogP contribution in [-0.2, 0) is 36.9 Å². The SMILES string of the molecule is O[C@@H]1O[C@@H]2COC(c3ccccc3)O[C@@H]2[C@H](OCc2ccccc2)[C@H]1OCc1ccccc1. The van der Waals surface area contributed by atoms with Gasteiger partial charge in [-0.15, -0.1) is 0 Å². The molecule has 5 rings (SSSR count). The molecular weight excluding hydrogens is 420 g/mol. The zero-order valence-corrected chi connectivity index (χ0v) is 18.2. The fourth-order valence-electron chi connectivity index (χ4n) is 4.24. The summed E-state index contributed by atoms with van der Waals surface area (Å²) in [7, 11) is 0. The van der Waals surface area contributed by atoms with Gasteiger partial charge in [0.2, 0.25) is 0 Å². The third-order valence-corrected chi connectivity index (χ3v) is 5.94. The predicted molar refractivity (Wildman–Crippen MR) is 121 cm³/mol. The van der Waals surface area contributed by atoms with Crippen LogP contribution < -0.4 is 0 Å². The molecule has 0 radical (unpaired) electrons. The summed E-state index contributed by atoms with van der Waals surface area (Å²) in [6, 6.07) is 29.5. The summed E-state index contributed by atoms with van der Waals surface area (Å²) in [5.74, 6) is 0. The van der Waals surface area contributed by atoms with Crippen molar-refractivity contribution in [3.8, 4) is 0 Å². The monoisotopic (exact) mass is 448 g/mol. The Balaban J connectivity index is 1.36. The van der Waals surface area contributed by atoms with Crippen LogP contribution in [0.1, 0.15) is 23.0 Å². The molecule has 0 bridgehead atoms. The first-order valence-electron chi connectivity index (χ1n) is 11.2. The standard InChI is InChI=1S/C27H28O6/c28-26-25(30-17-20-12-6-2-7-13-20)24(29-16-19-10-4-1-5-11-19)23-22(32-26)18-31-27(33-23)21-14-8-3-9-15-21/h1-15,22-28H,16-18H2/t22-,23+,24+,25-,26-,27?/m1/s1. The van der Waals surface area contributed by atoms with Crippen LogP contribution in [0.15, 0.2) is 91.0 Å². The summed E-state index contributed by atoms with van der Waals surface area (Å²) < 4.78 is 30.6. The van der Waals surface area contributed by atoms with Crippen molar-refractivity contribution < 1.29 is 28.8 Å². The van der Waals surface area contributed by atoms with Crippen LogP contribution in [0.4, 0.5) is 0 Å². The summed E-state index contributed by atoms with van der Waals surface area (Å²) >= 11 is 0. The van der Waals surface area contributed by atoms with Crippen LogP contribution in [0.25, 0.3) is 0 Å². The minimum atomic E-state index is -1.16. The molecule has 0 aromatic heterocycles. The van der Waals surface area contributed by atoms with Crippen LogP contribution in [-0.4, -0.2) is 42.4 Å². The normalized spacial score (nSPS) is 29.4. The number of fused-ring (bicyclic) bond motifs is 1. The molecule has 1 N–H and O–H groups in total. The van der Waals surface area contributed by atoms with E-state index in [0.29, 0.717) is 13.2 Å². The van der Waals surface area contributed by atoms with E-state index in [0.717, 1.165) is 16.7 Å². The van der Waals surface area contributed by atoms with E-state index in [1.807, 2.05) is 91.0 Å². The molecule has 2 aliphatic heterocycles. The van der Waals surface area contributed by atoms with Gasteiger partial charge < -0.3 is 28.8 Å². The highest BCUT2D eigenvalue weighted by atomic mass is 16.7. The molecule has 6 heteroatoms. The maximum atomic E-state index is 10.8. The molecule has 3 aromatic carbocycles. The lowest BCUT2D eigenvalue weighted by Gasteiger charge is -2.47. The molecule has 6 nitrogen and oxygen atoms in total. The van der Waals surface area contributed by atoms with Gasteiger partial charge in [0.25, 0.3) is 0 Å². The van der Waals surface area contributed by atoms with Crippen molar-refractivity contribution in [3.05, 3.63) is 108 Å². The molecule has 3 aromatic rings. The van der Waals surface area contributed by atoms with Gasteiger partial charge in [-0.1, -0.05) is 91.0 Å². The zero-order valence-electron chi connectivity index (χ0n) is 18.2. The Bertz CT molecular complexity index is 983. The Kier molecular flexibility index (Phi) is 7.12. The smallest absolute Gasteiger partial charge is 0.184 e. The number of hydrogen-bond acceptors (Lipinski definition) is 6. The Hall–Kier alpha value is -2.58. The lowest BCUT2D eigenvalue weighted by molar-refractivity contribution is -0.366. The van der Waals surface area contributed by atoms with E-state index < -0.39 is 37.0 Å². The molecule has 2 fully saturated rings. The number of benzene rings is 3. The summed E-state index contributed by atoms with van der Waals surface area (Å²) in [5.41, 5.74) is 2.96. The molecule has 172 valence electrons. The van der Waals surface area contributed by atoms with Crippen molar-refractivity contribution >= 4 is 0 Å². The molecule has 2 heterocycles. The van der Waals surface area contributed by atoms with Gasteiger partial charge in [0.15, 0.2) is 12.6 Å². The second kappa shape index (κ2) is 10.6. The van der Waals surface area contributed by atoms with Crippen LogP contribution in [0.5, 0.6) is 0 Å². The highest BCUT2D eigenvalue weighted by Crippen LogP contribution is 2.36. The summed E-state index contributed by atoms with van der Waals surface area (Å²) in [5, 5.41) is 10.8. The molecule has 0 amide bonds. The van der Waals surface area contributed by atoms with E-state index in [-0.39, 0.29) is 6.61 Å². The fourth-order valence-corrected chi connectivity index (χ4v) is 4.24. The van der Waals surface area contributed by atoms with Gasteiger partial charge in [-0.05, 0) is 11.1 Å². The Labute approximate surface area is 193 Å². The Morgan fingerprint density at radius 1 is 0.697 bits per heavy atom. The van der Waals surface area contributed by atoms with Gasteiger partial charge in [0.1, 0.15) is 24.4 Å². The zero-order chi connectivity index (χ0) is 22.5. The third kappa shape index (κ3) is 5.33. The average molecular weight is 449 g/mol. The van der Waals surface area contributed by atoms with E-state index in [9.17, 15) is 5.11 Å². The summed E-state index contributed by atoms with van der Waals surface area (Å²) in [4.78, 5) is 0. The van der Waals surface area contributed by atoms with Gasteiger partial charge in [0, 0.05) is 5.56 Å². The Morgan fingerprint density at radius 3 is 1.85 bits per heavy atom. The lowest BCUT2D eigenvalue weighted by Crippen LogP contribution is -2.63. The van der Waals surface area contributed by atoms with E-state index in [2.05, 4.69) is 0 Å². The lowest BCUT2D eigenvalue weighted by atomic mass is 9.97. The molecule has 33 heavy (non-hydrogen) atoms. The van der Waals surface area contributed by atoms with Crippen LogP contribution >= 0.6 is 0 Å². The van der Waals surface area contributed by atoms with Gasteiger partial charge in [-0.25, -0.2) is 0 Å². The molecule has 0 spiro atoms. The van der Waals surface area contributed by atoms with Crippen molar-refractivity contribution in [1.82, 2.24) is 0 Å². The van der Waals surface area contributed by atoms with E-state index in [4.69, 9.17) is 23.7 Å². The van der Waals surface area contributed by atoms with Crippen LogP contribution in [0, 0.1) is 0 Å². The van der Waals surface area contributed by atoms with Gasteiger partial charge in [-0.2, -0.15) is 0 Å². The quantitative estimate of drug-likeness (QED) is 0.590. The number of aliphatic hydroxyl groups is 1. The van der Waals surface area contributed by atoms with Crippen molar-refractivity contribution in [3.63, 3.8) is 0 Å². The fraction of sp³-hybridized carbons (Fsp3) is 0.333. The number of aliphatic hydroxyl groups excluding tert-OH is 1. The predicted octanol–water partition coefficient (Wildman–Crippen LogP) is 3.99. The van der Waals surface area contributed by atoms with Crippen LogP contribution in [0.3, 0.4) is 0 Å². The first-order chi connectivity index (χ1) is 16.3.